The van der Waals surface area contributed by atoms with Crippen molar-refractivity contribution in [1.82, 2.24) is 14.9 Å². The van der Waals surface area contributed by atoms with E-state index in [-0.39, 0.29) is 23.9 Å². The van der Waals surface area contributed by atoms with Crippen LogP contribution in [0.3, 0.4) is 0 Å². The third-order valence-corrected chi connectivity index (χ3v) is 3.64. The van der Waals surface area contributed by atoms with Crippen molar-refractivity contribution in [3.05, 3.63) is 27.6 Å². The maximum absolute atomic E-state index is 12.1. The van der Waals surface area contributed by atoms with Crippen LogP contribution in [-0.2, 0) is 17.2 Å². The van der Waals surface area contributed by atoms with Gasteiger partial charge in [-0.05, 0) is 61.6 Å². The number of fused-ring (bicyclic) bond motifs is 1. The van der Waals surface area contributed by atoms with Crippen LogP contribution in [0.4, 0.5) is 0 Å². The van der Waals surface area contributed by atoms with Gasteiger partial charge in [0.25, 0.3) is 0 Å². The van der Waals surface area contributed by atoms with E-state index >= 15 is 0 Å². The summed E-state index contributed by atoms with van der Waals surface area (Å²) in [5.74, 6) is 0.961. The number of carbonyl (C=O) groups excluding carboxylic acids is 1. The molecule has 20 heavy (non-hydrogen) atoms. The Bertz CT molecular complexity index is 646. The van der Waals surface area contributed by atoms with Crippen LogP contribution in [0.15, 0.2) is 18.2 Å². The maximum atomic E-state index is 12.1. The summed E-state index contributed by atoms with van der Waals surface area (Å²) in [6, 6.07) is 5.97. The number of aromatic nitrogens is 2. The highest BCUT2D eigenvalue weighted by Crippen LogP contribution is 2.20. The first-order valence-electron chi connectivity index (χ1n) is 6.32. The third-order valence-electron chi connectivity index (χ3n) is 2.72. The topological polar surface area (TPSA) is 46.9 Å². The second kappa shape index (κ2) is 5.89. The number of hydrogen-bond acceptors (Lipinski definition) is 2. The fourth-order valence-corrected chi connectivity index (χ4v) is 2.71. The number of benzene rings is 1. The van der Waals surface area contributed by atoms with Crippen molar-refractivity contribution >= 4 is 51.1 Å². The first kappa shape index (κ1) is 15.6. The molecule has 108 valence electrons. The van der Waals surface area contributed by atoms with E-state index in [0.29, 0.717) is 5.82 Å². The fraction of sp³-hybridized carbons (Fsp3) is 0.429. The molecule has 1 amide bonds. The van der Waals surface area contributed by atoms with E-state index in [1.54, 1.807) is 0 Å². The van der Waals surface area contributed by atoms with Crippen LogP contribution in [0.25, 0.3) is 11.0 Å². The van der Waals surface area contributed by atoms with Crippen LogP contribution >= 0.6 is 34.2 Å². The lowest BCUT2D eigenvalue weighted by molar-refractivity contribution is -0.123. The maximum Gasteiger partial charge on any atom is 0.240 e. The summed E-state index contributed by atoms with van der Waals surface area (Å²) in [5, 5.41) is 2.95. The number of rotatable bonds is 3. The number of carbonyl (C=O) groups is 1. The summed E-state index contributed by atoms with van der Waals surface area (Å²) < 4.78 is 2.99. The Balaban J connectivity index is 2.35. The molecule has 6 heteroatoms. The largest absolute Gasteiger partial charge is 0.350 e. The quantitative estimate of drug-likeness (QED) is 0.629. The minimum absolute atomic E-state index is 0.0401. The lowest BCUT2D eigenvalue weighted by atomic mass is 10.1. The molecule has 1 N–H and O–H groups in total. The van der Waals surface area contributed by atoms with Crippen LogP contribution in [0.2, 0.25) is 0 Å². The van der Waals surface area contributed by atoms with Crippen molar-refractivity contribution in [2.45, 2.75) is 38.7 Å². The molecule has 0 spiro atoms. The summed E-state index contributed by atoms with van der Waals surface area (Å²) in [6.45, 7) is 6.11. The summed E-state index contributed by atoms with van der Waals surface area (Å²) in [5.41, 5.74) is 1.56. The minimum atomic E-state index is -0.246. The molecule has 0 aliphatic heterocycles. The van der Waals surface area contributed by atoms with Crippen molar-refractivity contribution in [2.24, 2.45) is 0 Å². The Morgan fingerprint density at radius 2 is 2.15 bits per heavy atom. The second-order valence-corrected chi connectivity index (χ2v) is 7.19. The second-order valence-electron chi connectivity index (χ2n) is 5.68. The first-order chi connectivity index (χ1) is 9.30. The highest BCUT2D eigenvalue weighted by Gasteiger charge is 2.17. The number of nitrogens with one attached hydrogen (secondary N) is 1. The van der Waals surface area contributed by atoms with Gasteiger partial charge in [-0.25, -0.2) is 4.98 Å². The van der Waals surface area contributed by atoms with Gasteiger partial charge in [0.2, 0.25) is 5.91 Å². The Kier molecular flexibility index (Phi) is 4.59. The SMILES string of the molecule is CC(C)(C)NC(=O)Cn1c(CCl)nc2cc(I)ccc21. The standard InChI is InChI=1S/C14H17ClIN3O/c1-14(2,3)18-13(20)8-19-11-5-4-9(16)6-10(11)17-12(19)7-15/h4-6H,7-8H2,1-3H3,(H,18,20). The zero-order valence-corrected chi connectivity index (χ0v) is 14.6. The van der Waals surface area contributed by atoms with Gasteiger partial charge < -0.3 is 9.88 Å². The molecular formula is C14H17ClIN3O. The first-order valence-corrected chi connectivity index (χ1v) is 7.93. The molecule has 1 aromatic heterocycles. The van der Waals surface area contributed by atoms with Gasteiger partial charge in [0.15, 0.2) is 0 Å². The number of nitrogens with zero attached hydrogens (tertiary/aromatic N) is 2. The van der Waals surface area contributed by atoms with Gasteiger partial charge in [-0.15, -0.1) is 11.6 Å². The van der Waals surface area contributed by atoms with Gasteiger partial charge in [-0.1, -0.05) is 0 Å². The zero-order valence-electron chi connectivity index (χ0n) is 11.7. The van der Waals surface area contributed by atoms with Gasteiger partial charge in [0, 0.05) is 9.11 Å². The average molecular weight is 406 g/mol. The van der Waals surface area contributed by atoms with E-state index in [0.717, 1.165) is 14.6 Å². The molecule has 2 rings (SSSR count). The predicted molar refractivity (Wildman–Crippen MR) is 89.9 cm³/mol. The summed E-state index contributed by atoms with van der Waals surface area (Å²) in [7, 11) is 0. The molecule has 0 aliphatic carbocycles. The Hall–Kier alpha value is -0.820. The molecular weight excluding hydrogens is 389 g/mol. The number of alkyl halides is 1. The molecule has 0 radical (unpaired) electrons. The van der Waals surface area contributed by atoms with Gasteiger partial charge in [-0.2, -0.15) is 0 Å². The van der Waals surface area contributed by atoms with Gasteiger partial charge >= 0.3 is 0 Å². The van der Waals surface area contributed by atoms with E-state index in [1.165, 1.54) is 0 Å². The van der Waals surface area contributed by atoms with Crippen LogP contribution < -0.4 is 5.32 Å². The lowest BCUT2D eigenvalue weighted by Gasteiger charge is -2.21. The predicted octanol–water partition coefficient (Wildman–Crippen LogP) is 3.29. The van der Waals surface area contributed by atoms with Crippen LogP contribution in [0.1, 0.15) is 26.6 Å². The normalized spacial score (nSPS) is 11.8. The van der Waals surface area contributed by atoms with Crippen molar-refractivity contribution in [3.8, 4) is 0 Å². The van der Waals surface area contributed by atoms with Crippen LogP contribution in [0, 0.1) is 3.57 Å². The summed E-state index contributed by atoms with van der Waals surface area (Å²) in [6.07, 6.45) is 0. The highest BCUT2D eigenvalue weighted by atomic mass is 127. The van der Waals surface area contributed by atoms with E-state index in [1.807, 2.05) is 43.5 Å². The molecule has 0 saturated carbocycles. The summed E-state index contributed by atoms with van der Waals surface area (Å²) >= 11 is 8.19. The Labute approximate surface area is 137 Å². The van der Waals surface area contributed by atoms with Crippen molar-refractivity contribution < 1.29 is 4.79 Å². The average Bonchev–Trinajstić information content (AvgIpc) is 2.64. The molecule has 2 aromatic rings. The molecule has 4 nitrogen and oxygen atoms in total. The molecule has 0 fully saturated rings. The van der Waals surface area contributed by atoms with Crippen LogP contribution in [0.5, 0.6) is 0 Å². The molecule has 0 saturated heterocycles. The van der Waals surface area contributed by atoms with Gasteiger partial charge in [0.1, 0.15) is 12.4 Å². The Morgan fingerprint density at radius 1 is 1.45 bits per heavy atom. The number of hydrogen-bond donors (Lipinski definition) is 1. The number of halogens is 2. The monoisotopic (exact) mass is 405 g/mol. The Morgan fingerprint density at radius 3 is 2.75 bits per heavy atom. The lowest BCUT2D eigenvalue weighted by Crippen LogP contribution is -2.42. The zero-order chi connectivity index (χ0) is 14.9. The van der Waals surface area contributed by atoms with Gasteiger partial charge in [-0.3, -0.25) is 4.79 Å². The van der Waals surface area contributed by atoms with E-state index in [9.17, 15) is 4.79 Å². The molecule has 0 unspecified atom stereocenters. The van der Waals surface area contributed by atoms with Crippen molar-refractivity contribution in [3.63, 3.8) is 0 Å². The number of amides is 1. The molecule has 0 bridgehead atoms. The molecule has 0 atom stereocenters. The van der Waals surface area contributed by atoms with Crippen molar-refractivity contribution in [1.29, 1.82) is 0 Å². The smallest absolute Gasteiger partial charge is 0.240 e. The van der Waals surface area contributed by atoms with Gasteiger partial charge in [0.05, 0.1) is 16.9 Å². The summed E-state index contributed by atoms with van der Waals surface area (Å²) in [4.78, 5) is 16.6. The molecule has 1 heterocycles. The van der Waals surface area contributed by atoms with E-state index in [2.05, 4.69) is 32.9 Å². The molecule has 0 aliphatic rings. The number of imidazole rings is 1. The van der Waals surface area contributed by atoms with E-state index < -0.39 is 0 Å². The third kappa shape index (κ3) is 3.63. The minimum Gasteiger partial charge on any atom is -0.350 e. The fourth-order valence-electron chi connectivity index (χ4n) is 2.03. The van der Waals surface area contributed by atoms with Crippen molar-refractivity contribution in [2.75, 3.05) is 0 Å². The van der Waals surface area contributed by atoms with Crippen LogP contribution in [-0.4, -0.2) is 21.0 Å². The molecule has 1 aromatic carbocycles. The van der Waals surface area contributed by atoms with E-state index in [4.69, 9.17) is 11.6 Å². The highest BCUT2D eigenvalue weighted by molar-refractivity contribution is 14.1.